The minimum Gasteiger partial charge on any atom is -0.481 e. The van der Waals surface area contributed by atoms with E-state index in [1.807, 2.05) is 6.08 Å². The smallest absolute Gasteiger partial charge is 0.305 e. The largest absolute Gasteiger partial charge is 0.481 e. The summed E-state index contributed by atoms with van der Waals surface area (Å²) in [5.41, 5.74) is 4.56. The number of aliphatic hydroxyl groups excluding tert-OH is 2. The Morgan fingerprint density at radius 2 is 2.07 bits per heavy atom. The number of thioether (sulfide) groups is 1. The van der Waals surface area contributed by atoms with Crippen LogP contribution in [-0.4, -0.2) is 53.0 Å². The first kappa shape index (κ1) is 24.7. The van der Waals surface area contributed by atoms with Crippen LogP contribution in [0.25, 0.3) is 5.57 Å². The van der Waals surface area contributed by atoms with Gasteiger partial charge < -0.3 is 20.1 Å². The molecule has 1 aliphatic rings. The molecule has 1 aliphatic carbocycles. The molecule has 0 spiro atoms. The fourth-order valence-electron chi connectivity index (χ4n) is 4.18. The molecule has 3 unspecified atom stereocenters. The first-order chi connectivity index (χ1) is 14.1. The maximum absolute atomic E-state index is 10.7. The third kappa shape index (κ3) is 6.45. The molecule has 30 heavy (non-hydrogen) atoms. The number of allylic oxidation sites excluding steroid dienone is 2. The summed E-state index contributed by atoms with van der Waals surface area (Å²) in [6.45, 7) is 6.46. The number of carbonyl (C=O) groups is 1. The van der Waals surface area contributed by atoms with E-state index in [-0.39, 0.29) is 24.4 Å². The predicted octanol–water partition coefficient (Wildman–Crippen LogP) is 4.45. The molecule has 1 aromatic carbocycles. The fourth-order valence-corrected chi connectivity index (χ4v) is 4.76. The second-order valence-electron chi connectivity index (χ2n) is 8.64. The van der Waals surface area contributed by atoms with E-state index in [1.54, 1.807) is 24.9 Å². The van der Waals surface area contributed by atoms with E-state index < -0.39 is 18.2 Å². The summed E-state index contributed by atoms with van der Waals surface area (Å²) in [4.78, 5) is 12.0. The maximum Gasteiger partial charge on any atom is 0.305 e. The van der Waals surface area contributed by atoms with Crippen molar-refractivity contribution in [1.29, 1.82) is 0 Å². The molecule has 166 valence electrons. The lowest BCUT2D eigenvalue weighted by Gasteiger charge is -2.38. The predicted molar refractivity (Wildman–Crippen MR) is 122 cm³/mol. The summed E-state index contributed by atoms with van der Waals surface area (Å²) >= 11 is 1.73. The lowest BCUT2D eigenvalue weighted by atomic mass is 9.69. The summed E-state index contributed by atoms with van der Waals surface area (Å²) in [5, 5.41) is 28.9. The highest BCUT2D eigenvalue weighted by molar-refractivity contribution is 7.98. The summed E-state index contributed by atoms with van der Waals surface area (Å²) in [5.74, 6) is -1.08. The van der Waals surface area contributed by atoms with E-state index in [4.69, 9.17) is 9.84 Å². The number of benzene rings is 1. The van der Waals surface area contributed by atoms with Gasteiger partial charge >= 0.3 is 5.97 Å². The Labute approximate surface area is 183 Å². The van der Waals surface area contributed by atoms with Gasteiger partial charge in [0.2, 0.25) is 0 Å². The lowest BCUT2D eigenvalue weighted by Crippen LogP contribution is -2.30. The zero-order valence-electron chi connectivity index (χ0n) is 18.5. The molecule has 5 nitrogen and oxygen atoms in total. The zero-order chi connectivity index (χ0) is 22.5. The van der Waals surface area contributed by atoms with Crippen molar-refractivity contribution in [3.63, 3.8) is 0 Å². The van der Waals surface area contributed by atoms with E-state index in [0.717, 1.165) is 24.0 Å². The quantitative estimate of drug-likeness (QED) is 0.498. The van der Waals surface area contributed by atoms with Crippen molar-refractivity contribution in [3.05, 3.63) is 47.1 Å². The van der Waals surface area contributed by atoms with Gasteiger partial charge in [-0.1, -0.05) is 38.1 Å². The number of hydrogen-bond donors (Lipinski definition) is 3. The third-order valence-electron chi connectivity index (χ3n) is 5.71. The fraction of sp³-hybridized carbons (Fsp3) is 0.542. The average Bonchev–Trinajstić information content (AvgIpc) is 2.64. The van der Waals surface area contributed by atoms with Crippen molar-refractivity contribution in [2.45, 2.75) is 69.7 Å². The van der Waals surface area contributed by atoms with Gasteiger partial charge in [-0.3, -0.25) is 4.79 Å². The number of aryl methyl sites for hydroxylation is 1. The summed E-state index contributed by atoms with van der Waals surface area (Å²) in [6, 6.07) is 6.49. The molecule has 0 amide bonds. The molecule has 0 saturated carbocycles. The highest BCUT2D eigenvalue weighted by Gasteiger charge is 2.34. The Hall–Kier alpha value is -1.60. The molecule has 0 heterocycles. The van der Waals surface area contributed by atoms with Gasteiger partial charge in [0.15, 0.2) is 0 Å². The van der Waals surface area contributed by atoms with Crippen LogP contribution in [0, 0.1) is 12.3 Å². The monoisotopic (exact) mass is 434 g/mol. The van der Waals surface area contributed by atoms with Crippen LogP contribution in [0.4, 0.5) is 0 Å². The number of aliphatic carboxylic acids is 1. The molecule has 2 rings (SSSR count). The van der Waals surface area contributed by atoms with Crippen LogP contribution in [0.15, 0.2) is 40.8 Å². The summed E-state index contributed by atoms with van der Waals surface area (Å²) in [7, 11) is 1.74. The molecule has 6 heteroatoms. The van der Waals surface area contributed by atoms with Gasteiger partial charge in [-0.15, -0.1) is 11.8 Å². The second kappa shape index (κ2) is 10.6. The van der Waals surface area contributed by atoms with E-state index in [0.29, 0.717) is 0 Å². The van der Waals surface area contributed by atoms with Gasteiger partial charge in [0.05, 0.1) is 24.7 Å². The number of aliphatic hydroxyl groups is 2. The molecular formula is C24H34O5S. The van der Waals surface area contributed by atoms with Crippen LogP contribution in [0.5, 0.6) is 0 Å². The van der Waals surface area contributed by atoms with Crippen LogP contribution in [0.2, 0.25) is 0 Å². The topological polar surface area (TPSA) is 87.0 Å². The Kier molecular flexibility index (Phi) is 8.73. The average molecular weight is 435 g/mol. The highest BCUT2D eigenvalue weighted by atomic mass is 32.2. The number of hydrogen-bond acceptors (Lipinski definition) is 5. The number of methoxy groups -OCH3 is 1. The summed E-state index contributed by atoms with van der Waals surface area (Å²) in [6.07, 6.45) is 5.08. The number of carboxylic acid groups (broad SMARTS) is 1. The van der Waals surface area contributed by atoms with Crippen molar-refractivity contribution in [3.8, 4) is 0 Å². The minimum absolute atomic E-state index is 0.00589. The van der Waals surface area contributed by atoms with Gasteiger partial charge in [0.25, 0.3) is 0 Å². The van der Waals surface area contributed by atoms with E-state index in [2.05, 4.69) is 45.2 Å². The van der Waals surface area contributed by atoms with Crippen LogP contribution in [0.1, 0.15) is 50.7 Å². The number of ether oxygens (including phenoxy) is 1. The standard InChI is InChI=1S/C24H34O5S/c1-15-10-16(6-9-22(15)30-5)20-13-19(29-4)14-24(2,3)21(20)8-7-17(25)11-18(26)12-23(27)28/h6-10,17-19,25-26H,11-14H2,1-5H3,(H,27,28). The first-order valence-electron chi connectivity index (χ1n) is 10.2. The van der Waals surface area contributed by atoms with Gasteiger partial charge in [-0.05, 0) is 59.8 Å². The van der Waals surface area contributed by atoms with Crippen LogP contribution >= 0.6 is 11.8 Å². The minimum atomic E-state index is -1.08. The maximum atomic E-state index is 10.7. The Morgan fingerprint density at radius 3 is 2.63 bits per heavy atom. The second-order valence-corrected chi connectivity index (χ2v) is 9.49. The first-order valence-corrected chi connectivity index (χ1v) is 11.5. The van der Waals surface area contributed by atoms with Gasteiger partial charge in [0.1, 0.15) is 0 Å². The van der Waals surface area contributed by atoms with Crippen molar-refractivity contribution in [2.24, 2.45) is 5.41 Å². The van der Waals surface area contributed by atoms with Crippen LogP contribution < -0.4 is 0 Å². The van der Waals surface area contributed by atoms with Crippen molar-refractivity contribution >= 4 is 23.3 Å². The van der Waals surface area contributed by atoms with Gasteiger partial charge in [-0.25, -0.2) is 0 Å². The molecule has 0 aromatic heterocycles. The van der Waals surface area contributed by atoms with Crippen molar-refractivity contribution < 1.29 is 24.9 Å². The zero-order valence-corrected chi connectivity index (χ0v) is 19.3. The molecule has 0 radical (unpaired) electrons. The van der Waals surface area contributed by atoms with Gasteiger partial charge in [-0.2, -0.15) is 0 Å². The SMILES string of the molecule is COC1CC(c2ccc(SC)c(C)c2)=C(C=CC(O)CC(O)CC(=O)O)C(C)(C)C1. The molecule has 0 aliphatic heterocycles. The Bertz CT molecular complexity index is 812. The third-order valence-corrected chi connectivity index (χ3v) is 6.61. The van der Waals surface area contributed by atoms with E-state index in [9.17, 15) is 15.0 Å². The van der Waals surface area contributed by atoms with Crippen LogP contribution in [0.3, 0.4) is 0 Å². The molecule has 1 aromatic rings. The van der Waals surface area contributed by atoms with Crippen molar-refractivity contribution in [2.75, 3.05) is 13.4 Å². The molecular weight excluding hydrogens is 400 g/mol. The molecule has 0 fully saturated rings. The highest BCUT2D eigenvalue weighted by Crippen LogP contribution is 2.46. The van der Waals surface area contributed by atoms with Crippen LogP contribution in [-0.2, 0) is 9.53 Å². The normalized spacial score (nSPS) is 21.1. The van der Waals surface area contributed by atoms with Gasteiger partial charge in [0, 0.05) is 18.4 Å². The Morgan fingerprint density at radius 1 is 1.37 bits per heavy atom. The molecule has 0 saturated heterocycles. The van der Waals surface area contributed by atoms with E-state index in [1.165, 1.54) is 16.0 Å². The number of carboxylic acids is 1. The summed E-state index contributed by atoms with van der Waals surface area (Å²) < 4.78 is 5.72. The lowest BCUT2D eigenvalue weighted by molar-refractivity contribution is -0.139. The van der Waals surface area contributed by atoms with Crippen molar-refractivity contribution in [1.82, 2.24) is 0 Å². The number of rotatable bonds is 9. The van der Waals surface area contributed by atoms with E-state index >= 15 is 0 Å². The molecule has 3 N–H and O–H groups in total. The Balaban J connectivity index is 2.40. The molecule has 0 bridgehead atoms. The molecule has 3 atom stereocenters.